The van der Waals surface area contributed by atoms with Crippen molar-refractivity contribution in [3.63, 3.8) is 0 Å². The predicted octanol–water partition coefficient (Wildman–Crippen LogP) is 2.82. The molecule has 0 aliphatic heterocycles. The average Bonchev–Trinajstić information content (AvgIpc) is 3.29. The van der Waals surface area contributed by atoms with Crippen LogP contribution in [0.3, 0.4) is 0 Å². The monoisotopic (exact) mass is 338 g/mol. The van der Waals surface area contributed by atoms with Crippen LogP contribution in [-0.2, 0) is 9.59 Å². The molecule has 2 rings (SSSR count). The third kappa shape index (κ3) is 5.90. The molecule has 1 aromatic carbocycles. The predicted molar refractivity (Wildman–Crippen MR) is 86.7 cm³/mol. The molecule has 0 radical (unpaired) electrons. The topological polar surface area (TPSA) is 95.5 Å². The molecular formula is C16H19ClN2O4. The smallest absolute Gasteiger partial charge is 0.303 e. The highest BCUT2D eigenvalue weighted by Gasteiger charge is 2.24. The second-order valence-corrected chi connectivity index (χ2v) is 6.00. The molecule has 6 nitrogen and oxygen atoms in total. The van der Waals surface area contributed by atoms with Crippen molar-refractivity contribution >= 4 is 35.1 Å². The average molecular weight is 339 g/mol. The summed E-state index contributed by atoms with van der Waals surface area (Å²) in [6.45, 7) is 0. The number of unbranched alkanes of at least 4 members (excludes halogenated alkanes) is 1. The van der Waals surface area contributed by atoms with Crippen LogP contribution in [-0.4, -0.2) is 28.9 Å². The second-order valence-electron chi connectivity index (χ2n) is 5.59. The van der Waals surface area contributed by atoms with Gasteiger partial charge in [0.15, 0.2) is 0 Å². The summed E-state index contributed by atoms with van der Waals surface area (Å²) in [5, 5.41) is 14.4. The van der Waals surface area contributed by atoms with Crippen molar-refractivity contribution in [1.29, 1.82) is 0 Å². The zero-order valence-electron chi connectivity index (χ0n) is 12.6. The highest BCUT2D eigenvalue weighted by molar-refractivity contribution is 6.34. The van der Waals surface area contributed by atoms with Crippen molar-refractivity contribution in [3.05, 3.63) is 28.8 Å². The molecular weight excluding hydrogens is 320 g/mol. The fraction of sp³-hybridized carbons (Fsp3) is 0.438. The van der Waals surface area contributed by atoms with Crippen LogP contribution in [0.1, 0.15) is 48.9 Å². The normalized spacial score (nSPS) is 13.4. The van der Waals surface area contributed by atoms with Crippen LogP contribution in [0.15, 0.2) is 18.2 Å². The van der Waals surface area contributed by atoms with E-state index in [2.05, 4.69) is 10.6 Å². The van der Waals surface area contributed by atoms with Crippen LogP contribution >= 0.6 is 11.6 Å². The molecule has 0 heterocycles. The fourth-order valence-corrected chi connectivity index (χ4v) is 2.26. The number of carboxylic acid groups (broad SMARTS) is 1. The summed E-state index contributed by atoms with van der Waals surface area (Å²) in [5.74, 6) is -1.32. The maximum atomic E-state index is 12.1. The van der Waals surface area contributed by atoms with Crippen LogP contribution in [0.4, 0.5) is 5.69 Å². The van der Waals surface area contributed by atoms with E-state index in [-0.39, 0.29) is 30.7 Å². The number of halogens is 1. The Morgan fingerprint density at radius 2 is 1.87 bits per heavy atom. The van der Waals surface area contributed by atoms with Crippen molar-refractivity contribution in [1.82, 2.24) is 5.32 Å². The summed E-state index contributed by atoms with van der Waals surface area (Å²) < 4.78 is 0. The first-order chi connectivity index (χ1) is 11.0. The first kappa shape index (κ1) is 17.3. The number of hydrogen-bond acceptors (Lipinski definition) is 3. The lowest BCUT2D eigenvalue weighted by molar-refractivity contribution is -0.137. The molecule has 1 aliphatic rings. The van der Waals surface area contributed by atoms with Crippen LogP contribution in [0, 0.1) is 0 Å². The van der Waals surface area contributed by atoms with Crippen molar-refractivity contribution in [2.75, 3.05) is 5.32 Å². The number of carbonyl (C=O) groups excluding carboxylic acids is 2. The van der Waals surface area contributed by atoms with E-state index < -0.39 is 5.97 Å². The number of carboxylic acids is 1. The van der Waals surface area contributed by atoms with Crippen LogP contribution in [0.25, 0.3) is 0 Å². The summed E-state index contributed by atoms with van der Waals surface area (Å²) in [6.07, 6.45) is 3.21. The Kier molecular flexibility index (Phi) is 5.98. The van der Waals surface area contributed by atoms with Crippen molar-refractivity contribution < 1.29 is 19.5 Å². The van der Waals surface area contributed by atoms with Crippen LogP contribution < -0.4 is 10.6 Å². The van der Waals surface area contributed by atoms with E-state index in [4.69, 9.17) is 16.7 Å². The molecule has 0 aromatic heterocycles. The summed E-state index contributed by atoms with van der Waals surface area (Å²) in [4.78, 5) is 34.3. The molecule has 1 fully saturated rings. The highest BCUT2D eigenvalue weighted by atomic mass is 35.5. The Hall–Kier alpha value is -2.08. The Balaban J connectivity index is 1.88. The van der Waals surface area contributed by atoms with Crippen LogP contribution in [0.5, 0.6) is 0 Å². The van der Waals surface area contributed by atoms with Crippen molar-refractivity contribution in [2.45, 2.75) is 44.6 Å². The van der Waals surface area contributed by atoms with Gasteiger partial charge in [-0.25, -0.2) is 0 Å². The molecule has 124 valence electrons. The Morgan fingerprint density at radius 3 is 2.52 bits per heavy atom. The lowest BCUT2D eigenvalue weighted by atomic mass is 10.1. The van der Waals surface area contributed by atoms with Gasteiger partial charge in [0.05, 0.1) is 10.6 Å². The molecule has 0 bridgehead atoms. The molecule has 0 saturated heterocycles. The fourth-order valence-electron chi connectivity index (χ4n) is 2.05. The van der Waals surface area contributed by atoms with Gasteiger partial charge in [-0.3, -0.25) is 14.4 Å². The van der Waals surface area contributed by atoms with Gasteiger partial charge in [-0.2, -0.15) is 0 Å². The second kappa shape index (κ2) is 7.97. The molecule has 23 heavy (non-hydrogen) atoms. The van der Waals surface area contributed by atoms with Gasteiger partial charge >= 0.3 is 5.97 Å². The third-order valence-corrected chi connectivity index (χ3v) is 3.78. The van der Waals surface area contributed by atoms with Gasteiger partial charge in [0, 0.05) is 24.6 Å². The first-order valence-electron chi connectivity index (χ1n) is 7.58. The molecule has 1 aliphatic carbocycles. The van der Waals surface area contributed by atoms with Crippen molar-refractivity contribution in [3.8, 4) is 0 Å². The van der Waals surface area contributed by atoms with E-state index in [1.54, 1.807) is 18.2 Å². The van der Waals surface area contributed by atoms with E-state index in [1.165, 1.54) is 0 Å². The number of aliphatic carboxylic acids is 1. The third-order valence-electron chi connectivity index (χ3n) is 3.45. The number of rotatable bonds is 8. The minimum absolute atomic E-state index is 0.0553. The minimum atomic E-state index is -0.866. The molecule has 7 heteroatoms. The molecule has 2 amide bonds. The number of amides is 2. The zero-order chi connectivity index (χ0) is 16.8. The van der Waals surface area contributed by atoms with Gasteiger partial charge < -0.3 is 15.7 Å². The molecule has 3 N–H and O–H groups in total. The summed E-state index contributed by atoms with van der Waals surface area (Å²) in [6, 6.07) is 4.98. The van der Waals surface area contributed by atoms with E-state index in [0.717, 1.165) is 12.8 Å². The maximum absolute atomic E-state index is 12.1. The summed E-state index contributed by atoms with van der Waals surface area (Å²) in [7, 11) is 0. The Morgan fingerprint density at radius 1 is 1.17 bits per heavy atom. The minimum Gasteiger partial charge on any atom is -0.481 e. The van der Waals surface area contributed by atoms with E-state index in [0.29, 0.717) is 29.1 Å². The Bertz CT molecular complexity index is 614. The lowest BCUT2D eigenvalue weighted by Gasteiger charge is -2.09. The largest absolute Gasteiger partial charge is 0.481 e. The number of anilines is 1. The highest BCUT2D eigenvalue weighted by Crippen LogP contribution is 2.24. The lowest BCUT2D eigenvalue weighted by Crippen LogP contribution is -2.25. The van der Waals surface area contributed by atoms with Gasteiger partial charge in [0.1, 0.15) is 0 Å². The van der Waals surface area contributed by atoms with Gasteiger partial charge in [-0.15, -0.1) is 0 Å². The quantitative estimate of drug-likeness (QED) is 0.635. The molecule has 1 saturated carbocycles. The molecule has 1 aromatic rings. The standard InChI is InChI=1S/C16H19ClN2O4/c17-13-8-7-11(9-12(13)16(23)19-10-5-6-10)18-14(20)3-1-2-4-15(21)22/h7-10H,1-6H2,(H,18,20)(H,19,23)(H,21,22). The molecule has 0 unspecified atom stereocenters. The van der Waals surface area contributed by atoms with E-state index in [9.17, 15) is 14.4 Å². The zero-order valence-corrected chi connectivity index (χ0v) is 13.4. The van der Waals surface area contributed by atoms with Gasteiger partial charge in [0.2, 0.25) is 5.91 Å². The maximum Gasteiger partial charge on any atom is 0.303 e. The van der Waals surface area contributed by atoms with E-state index in [1.807, 2.05) is 0 Å². The van der Waals surface area contributed by atoms with Gasteiger partial charge in [-0.1, -0.05) is 11.6 Å². The van der Waals surface area contributed by atoms with Crippen LogP contribution in [0.2, 0.25) is 5.02 Å². The molecule has 0 spiro atoms. The molecule has 0 atom stereocenters. The summed E-state index contributed by atoms with van der Waals surface area (Å²) >= 11 is 6.03. The van der Waals surface area contributed by atoms with E-state index >= 15 is 0 Å². The Labute approximate surface area is 139 Å². The number of nitrogens with one attached hydrogen (secondary N) is 2. The number of hydrogen-bond donors (Lipinski definition) is 3. The van der Waals surface area contributed by atoms with Gasteiger partial charge in [0.25, 0.3) is 5.91 Å². The number of benzene rings is 1. The SMILES string of the molecule is O=C(O)CCCCC(=O)Nc1ccc(Cl)c(C(=O)NC2CC2)c1. The van der Waals surface area contributed by atoms with Crippen molar-refractivity contribution in [2.24, 2.45) is 0 Å². The summed E-state index contributed by atoms with van der Waals surface area (Å²) in [5.41, 5.74) is 0.834. The number of carbonyl (C=O) groups is 3. The first-order valence-corrected chi connectivity index (χ1v) is 7.95. The van der Waals surface area contributed by atoms with Gasteiger partial charge in [-0.05, 0) is 43.9 Å².